The maximum Gasteiger partial charge on any atom is 0.247 e. The number of hydrogen-bond donors (Lipinski definition) is 2. The Balaban J connectivity index is 1.30. The van der Waals surface area contributed by atoms with Crippen molar-refractivity contribution in [1.82, 2.24) is 9.97 Å². The zero-order valence-corrected chi connectivity index (χ0v) is 21.2. The van der Waals surface area contributed by atoms with Crippen molar-refractivity contribution in [1.29, 1.82) is 0 Å². The van der Waals surface area contributed by atoms with E-state index in [9.17, 15) is 4.79 Å². The molecule has 0 unspecified atom stereocenters. The number of fused-ring (bicyclic) bond motifs is 2. The quantitative estimate of drug-likeness (QED) is 0.428. The first-order valence-electron chi connectivity index (χ1n) is 12.7. The van der Waals surface area contributed by atoms with Crippen molar-refractivity contribution in [2.24, 2.45) is 0 Å². The Kier molecular flexibility index (Phi) is 6.57. The van der Waals surface area contributed by atoms with Gasteiger partial charge in [0.15, 0.2) is 5.82 Å². The number of hydroxylamine groups is 1. The van der Waals surface area contributed by atoms with Crippen LogP contribution in [0.5, 0.6) is 5.75 Å². The zero-order chi connectivity index (χ0) is 26.1. The van der Waals surface area contributed by atoms with E-state index >= 15 is 0 Å². The first-order valence-corrected chi connectivity index (χ1v) is 12.7. The van der Waals surface area contributed by atoms with Crippen molar-refractivity contribution < 1.29 is 19.1 Å². The van der Waals surface area contributed by atoms with Crippen LogP contribution < -0.4 is 25.3 Å². The van der Waals surface area contributed by atoms with Gasteiger partial charge < -0.3 is 25.0 Å². The standard InChI is InChI=1S/C28H30N6O4/c1-3-28(35)32-21-12-22(25(36-2)13-24(21)33-15-20-11-19(33)16-37-20)31-26-14-27(30-17-29-26)34-23(9-10-38-34)18-7-5-4-6-8-18/h3-8,12-14,17,19-20,23H,1,9-11,15-16H2,2H3,(H,32,35)(H,29,30,31)/t19-,20-,23+/m0/s1. The molecule has 3 aliphatic rings. The minimum Gasteiger partial charge on any atom is -0.494 e. The van der Waals surface area contributed by atoms with E-state index in [-0.39, 0.29) is 24.1 Å². The lowest BCUT2D eigenvalue weighted by atomic mass is 10.0. The number of carbonyl (C=O) groups excluding carboxylic acids is 1. The molecule has 0 spiro atoms. The molecule has 0 aliphatic carbocycles. The molecule has 3 fully saturated rings. The van der Waals surface area contributed by atoms with Crippen LogP contribution in [0.4, 0.5) is 28.7 Å². The molecule has 2 aromatic carbocycles. The summed E-state index contributed by atoms with van der Waals surface area (Å²) in [7, 11) is 1.62. The smallest absolute Gasteiger partial charge is 0.247 e. The Morgan fingerprint density at radius 2 is 2.05 bits per heavy atom. The van der Waals surface area contributed by atoms with E-state index in [1.54, 1.807) is 7.11 Å². The molecular formula is C28H30N6O4. The highest BCUT2D eigenvalue weighted by atomic mass is 16.7. The highest BCUT2D eigenvalue weighted by Gasteiger charge is 2.40. The predicted octanol–water partition coefficient (Wildman–Crippen LogP) is 4.21. The molecule has 10 nitrogen and oxygen atoms in total. The lowest BCUT2D eigenvalue weighted by Gasteiger charge is -2.31. The van der Waals surface area contributed by atoms with Gasteiger partial charge in [0.1, 0.15) is 17.9 Å². The van der Waals surface area contributed by atoms with E-state index in [0.29, 0.717) is 42.0 Å². The van der Waals surface area contributed by atoms with Gasteiger partial charge in [0.2, 0.25) is 5.91 Å². The summed E-state index contributed by atoms with van der Waals surface area (Å²) in [6.45, 7) is 5.65. The van der Waals surface area contributed by atoms with Crippen molar-refractivity contribution in [3.63, 3.8) is 0 Å². The van der Waals surface area contributed by atoms with Crippen LogP contribution in [0.2, 0.25) is 0 Å². The first kappa shape index (κ1) is 24.2. The maximum atomic E-state index is 12.3. The van der Waals surface area contributed by atoms with Gasteiger partial charge in [-0.25, -0.2) is 15.0 Å². The Bertz CT molecular complexity index is 1340. The highest BCUT2D eigenvalue weighted by molar-refractivity contribution is 6.02. The van der Waals surface area contributed by atoms with Crippen LogP contribution in [-0.4, -0.2) is 54.9 Å². The number of morpholine rings is 1. The normalized spacial score (nSPS) is 22.0. The Hall–Kier alpha value is -4.15. The largest absolute Gasteiger partial charge is 0.494 e. The number of ether oxygens (including phenoxy) is 2. The molecule has 1 aromatic heterocycles. The third kappa shape index (κ3) is 4.64. The van der Waals surface area contributed by atoms with Gasteiger partial charge in [0.25, 0.3) is 0 Å². The van der Waals surface area contributed by atoms with Gasteiger partial charge in [0.05, 0.1) is 55.6 Å². The second-order valence-corrected chi connectivity index (χ2v) is 9.52. The summed E-state index contributed by atoms with van der Waals surface area (Å²) in [5.41, 5.74) is 3.37. The minimum atomic E-state index is -0.287. The maximum absolute atomic E-state index is 12.3. The Labute approximate surface area is 221 Å². The molecule has 6 rings (SSSR count). The fraction of sp³-hybridized carbons (Fsp3) is 0.321. The van der Waals surface area contributed by atoms with Crippen LogP contribution in [0.3, 0.4) is 0 Å². The number of hydrogen-bond acceptors (Lipinski definition) is 9. The van der Waals surface area contributed by atoms with Crippen molar-refractivity contribution >= 4 is 34.6 Å². The summed E-state index contributed by atoms with van der Waals surface area (Å²) in [5.74, 6) is 1.56. The predicted molar refractivity (Wildman–Crippen MR) is 145 cm³/mol. The van der Waals surface area contributed by atoms with Gasteiger partial charge in [-0.15, -0.1) is 0 Å². The topological polar surface area (TPSA) is 101 Å². The van der Waals surface area contributed by atoms with Gasteiger partial charge >= 0.3 is 0 Å². The SMILES string of the molecule is C=CC(=O)Nc1cc(Nc2cc(N3OCC[C@@H]3c3ccccc3)ncn2)c(OC)cc1N1C[C@@H]2C[C@H]1CO2. The molecule has 0 radical (unpaired) electrons. The molecule has 3 aliphatic heterocycles. The first-order chi connectivity index (χ1) is 18.6. The third-order valence-corrected chi connectivity index (χ3v) is 7.20. The lowest BCUT2D eigenvalue weighted by Crippen LogP contribution is -2.37. The van der Waals surface area contributed by atoms with E-state index in [4.69, 9.17) is 14.3 Å². The van der Waals surface area contributed by atoms with Crippen molar-refractivity contribution in [3.8, 4) is 5.75 Å². The zero-order valence-electron chi connectivity index (χ0n) is 21.2. The lowest BCUT2D eigenvalue weighted by molar-refractivity contribution is -0.111. The van der Waals surface area contributed by atoms with Crippen LogP contribution in [0, 0.1) is 0 Å². The molecule has 38 heavy (non-hydrogen) atoms. The van der Waals surface area contributed by atoms with Crippen molar-refractivity contribution in [2.45, 2.75) is 31.0 Å². The number of anilines is 5. The van der Waals surface area contributed by atoms with E-state index in [2.05, 4.69) is 44.2 Å². The van der Waals surface area contributed by atoms with E-state index in [1.807, 2.05) is 41.5 Å². The fourth-order valence-corrected chi connectivity index (χ4v) is 5.40. The molecule has 2 N–H and O–H groups in total. The van der Waals surface area contributed by atoms with E-state index < -0.39 is 0 Å². The number of rotatable bonds is 8. The van der Waals surface area contributed by atoms with Crippen LogP contribution in [0.25, 0.3) is 0 Å². The summed E-state index contributed by atoms with van der Waals surface area (Å²) in [4.78, 5) is 29.4. The summed E-state index contributed by atoms with van der Waals surface area (Å²) in [6.07, 6.45) is 4.81. The average Bonchev–Trinajstić information content (AvgIpc) is 3.72. The van der Waals surface area contributed by atoms with Gasteiger partial charge in [-0.05, 0) is 24.1 Å². The van der Waals surface area contributed by atoms with Gasteiger partial charge in [-0.2, -0.15) is 0 Å². The molecule has 4 heterocycles. The molecule has 0 saturated carbocycles. The van der Waals surface area contributed by atoms with E-state index in [1.165, 1.54) is 18.0 Å². The molecule has 10 heteroatoms. The number of methoxy groups -OCH3 is 1. The summed E-state index contributed by atoms with van der Waals surface area (Å²) in [5, 5.41) is 8.14. The monoisotopic (exact) mass is 514 g/mol. The number of amides is 1. The number of aromatic nitrogens is 2. The Morgan fingerprint density at radius 1 is 1.18 bits per heavy atom. The van der Waals surface area contributed by atoms with Crippen LogP contribution in [0.15, 0.2) is 67.5 Å². The molecular weight excluding hydrogens is 484 g/mol. The van der Waals surface area contributed by atoms with Crippen LogP contribution in [-0.2, 0) is 14.4 Å². The summed E-state index contributed by atoms with van der Waals surface area (Å²) in [6, 6.07) is 16.2. The minimum absolute atomic E-state index is 0.0632. The molecule has 196 valence electrons. The number of nitrogens with one attached hydrogen (secondary N) is 2. The van der Waals surface area contributed by atoms with Gasteiger partial charge in [0, 0.05) is 25.1 Å². The summed E-state index contributed by atoms with van der Waals surface area (Å²) < 4.78 is 11.5. The van der Waals surface area contributed by atoms with Gasteiger partial charge in [-0.1, -0.05) is 36.9 Å². The fourth-order valence-electron chi connectivity index (χ4n) is 5.40. The molecule has 2 bridgehead atoms. The Morgan fingerprint density at radius 3 is 2.79 bits per heavy atom. The highest BCUT2D eigenvalue weighted by Crippen LogP contribution is 2.43. The second-order valence-electron chi connectivity index (χ2n) is 9.52. The number of benzene rings is 2. The molecule has 3 saturated heterocycles. The van der Waals surface area contributed by atoms with Crippen LogP contribution in [0.1, 0.15) is 24.4 Å². The van der Waals surface area contributed by atoms with Crippen molar-refractivity contribution in [3.05, 3.63) is 73.1 Å². The number of carbonyl (C=O) groups is 1. The third-order valence-electron chi connectivity index (χ3n) is 7.20. The molecule has 3 aromatic rings. The molecule has 1 amide bonds. The van der Waals surface area contributed by atoms with Crippen molar-refractivity contribution in [2.75, 3.05) is 47.5 Å². The number of nitrogens with zero attached hydrogens (tertiary/aromatic N) is 4. The average molecular weight is 515 g/mol. The molecule has 3 atom stereocenters. The summed E-state index contributed by atoms with van der Waals surface area (Å²) >= 11 is 0. The van der Waals surface area contributed by atoms with Gasteiger partial charge in [-0.3, -0.25) is 9.63 Å². The van der Waals surface area contributed by atoms with E-state index in [0.717, 1.165) is 25.1 Å². The van der Waals surface area contributed by atoms with Crippen LogP contribution >= 0.6 is 0 Å². The second kappa shape index (κ2) is 10.3.